The fourth-order valence-electron chi connectivity index (χ4n) is 2.67. The Balaban J connectivity index is 1.77. The lowest BCUT2D eigenvalue weighted by Gasteiger charge is -2.35. The van der Waals surface area contributed by atoms with Crippen LogP contribution < -0.4 is 39.7 Å². The molecule has 9 heteroatoms. The lowest BCUT2D eigenvalue weighted by atomic mass is 10.3. The van der Waals surface area contributed by atoms with Crippen LogP contribution in [-0.4, -0.2) is 0 Å². The Morgan fingerprint density at radius 2 is 0.515 bits per heavy atom. The summed E-state index contributed by atoms with van der Waals surface area (Å²) < 4.78 is 24.9. The molecule has 170 valence electrons. The van der Waals surface area contributed by atoms with Crippen molar-refractivity contribution in [1.29, 1.82) is 0 Å². The van der Waals surface area contributed by atoms with E-state index in [1.165, 1.54) is 0 Å². The lowest BCUT2D eigenvalue weighted by molar-refractivity contribution is 0.309. The summed E-state index contributed by atoms with van der Waals surface area (Å²) in [5.41, 5.74) is 25.6. The molecule has 4 aromatic carbocycles. The highest BCUT2D eigenvalue weighted by molar-refractivity contribution is 8.18. The van der Waals surface area contributed by atoms with E-state index in [1.807, 2.05) is 0 Å². The van der Waals surface area contributed by atoms with E-state index < -0.39 is 11.2 Å². The van der Waals surface area contributed by atoms with Crippen molar-refractivity contribution in [2.45, 2.75) is 0 Å². The van der Waals surface area contributed by atoms with E-state index in [9.17, 15) is 0 Å². The van der Waals surface area contributed by atoms with Crippen molar-refractivity contribution < 1.29 is 16.7 Å². The smallest absolute Gasteiger partial charge is 0.399 e. The molecule has 0 heterocycles. The molecule has 0 aromatic heterocycles. The van der Waals surface area contributed by atoms with Gasteiger partial charge in [0.15, 0.2) is 0 Å². The molecule has 0 amide bonds. The largest absolute Gasteiger partial charge is 0.429 e. The first-order chi connectivity index (χ1) is 15.9. The molecule has 8 N–H and O–H groups in total. The number of benzene rings is 4. The summed E-state index contributed by atoms with van der Waals surface area (Å²) in [6.07, 6.45) is 0. The molecule has 4 aromatic rings. The second kappa shape index (κ2) is 9.41. The highest BCUT2D eigenvalue weighted by Crippen LogP contribution is 2.52. The molecule has 4 rings (SSSR count). The van der Waals surface area contributed by atoms with Gasteiger partial charge in [-0.25, -0.2) is 0 Å². The number of anilines is 4. The van der Waals surface area contributed by atoms with Gasteiger partial charge in [0, 0.05) is 22.7 Å². The summed E-state index contributed by atoms with van der Waals surface area (Å²) in [7, 11) is 0. The Kier molecular flexibility index (Phi) is 6.23. The molecule has 33 heavy (non-hydrogen) atoms. The van der Waals surface area contributed by atoms with Gasteiger partial charge in [-0.1, -0.05) is 0 Å². The molecule has 0 atom stereocenters. The molecule has 0 radical (unpaired) electrons. The SMILES string of the molecule is Nc1ccc(OS(Oc2ccc(N)cc2)(Oc2ccc(N)cc2)Oc2ccc(N)cc2)cc1. The van der Waals surface area contributed by atoms with E-state index in [0.717, 1.165) is 0 Å². The van der Waals surface area contributed by atoms with Crippen LogP contribution in [0.25, 0.3) is 0 Å². The van der Waals surface area contributed by atoms with Gasteiger partial charge in [-0.05, 0) is 97.1 Å². The summed E-state index contributed by atoms with van der Waals surface area (Å²) in [5.74, 6) is 1.72. The molecule has 0 fully saturated rings. The second-order valence-electron chi connectivity index (χ2n) is 7.02. The Labute approximate surface area is 193 Å². The quantitative estimate of drug-likeness (QED) is 0.264. The number of hydrogen-bond acceptors (Lipinski definition) is 8. The molecule has 0 aliphatic rings. The Hall–Kier alpha value is -4.37. The Morgan fingerprint density at radius 3 is 0.697 bits per heavy atom. The molecule has 0 spiro atoms. The summed E-state index contributed by atoms with van der Waals surface area (Å²) in [5, 5.41) is 0. The summed E-state index contributed by atoms with van der Waals surface area (Å²) >= 11 is -3.22. The fraction of sp³-hybridized carbons (Fsp3) is 0. The molecule has 0 saturated carbocycles. The van der Waals surface area contributed by atoms with Crippen LogP contribution >= 0.6 is 11.2 Å². The molecular weight excluding hydrogens is 440 g/mol. The van der Waals surface area contributed by atoms with E-state index in [1.54, 1.807) is 97.1 Å². The van der Waals surface area contributed by atoms with Crippen molar-refractivity contribution in [3.8, 4) is 23.0 Å². The van der Waals surface area contributed by atoms with Crippen LogP contribution in [0, 0.1) is 0 Å². The van der Waals surface area contributed by atoms with Crippen molar-refractivity contribution in [3.05, 3.63) is 97.1 Å². The molecule has 0 aliphatic heterocycles. The maximum atomic E-state index is 6.23. The van der Waals surface area contributed by atoms with Crippen LogP contribution in [0.15, 0.2) is 97.1 Å². The number of nitrogen functional groups attached to an aromatic ring is 4. The first-order valence-electron chi connectivity index (χ1n) is 9.92. The predicted molar refractivity (Wildman–Crippen MR) is 134 cm³/mol. The summed E-state index contributed by atoms with van der Waals surface area (Å²) in [4.78, 5) is 0. The van der Waals surface area contributed by atoms with Crippen molar-refractivity contribution in [2.24, 2.45) is 0 Å². The second-order valence-corrected chi connectivity index (χ2v) is 8.50. The lowest BCUT2D eigenvalue weighted by Crippen LogP contribution is -2.26. The van der Waals surface area contributed by atoms with Crippen LogP contribution in [0.2, 0.25) is 0 Å². The minimum Gasteiger partial charge on any atom is -0.399 e. The predicted octanol–water partition coefficient (Wildman–Crippen LogP) is 5.10. The average Bonchev–Trinajstić information content (AvgIpc) is 2.80. The van der Waals surface area contributed by atoms with Crippen molar-refractivity contribution >= 4 is 33.9 Å². The molecule has 0 bridgehead atoms. The number of rotatable bonds is 8. The third-order valence-electron chi connectivity index (χ3n) is 4.31. The zero-order chi connectivity index (χ0) is 23.3. The van der Waals surface area contributed by atoms with Gasteiger partial charge in [-0.2, -0.15) is 0 Å². The van der Waals surface area contributed by atoms with Gasteiger partial charge < -0.3 is 39.7 Å². The van der Waals surface area contributed by atoms with Gasteiger partial charge in [-0.15, -0.1) is 0 Å². The van der Waals surface area contributed by atoms with Gasteiger partial charge in [0.25, 0.3) is 0 Å². The topological polar surface area (TPSA) is 141 Å². The molecule has 0 aliphatic carbocycles. The van der Waals surface area contributed by atoms with Gasteiger partial charge in [0.1, 0.15) is 23.0 Å². The summed E-state index contributed by atoms with van der Waals surface area (Å²) in [6.45, 7) is 0. The standard InChI is InChI=1S/C24H24N4O4S/c25-17-1-9-21(10-2-17)29-33(30-22-11-3-18(26)4-12-22,31-23-13-5-19(27)6-14-23)32-24-15-7-20(28)8-16-24/h1-16H,25-28H2. The molecule has 0 unspecified atom stereocenters. The minimum absolute atomic E-state index is 0.431. The fourth-order valence-corrected chi connectivity index (χ4v) is 4.26. The van der Waals surface area contributed by atoms with E-state index in [4.69, 9.17) is 39.7 Å². The summed E-state index contributed by atoms with van der Waals surface area (Å²) in [6, 6.07) is 27.2. The van der Waals surface area contributed by atoms with Crippen molar-refractivity contribution in [2.75, 3.05) is 22.9 Å². The van der Waals surface area contributed by atoms with Crippen molar-refractivity contribution in [1.82, 2.24) is 0 Å². The van der Waals surface area contributed by atoms with E-state index >= 15 is 0 Å². The van der Waals surface area contributed by atoms with E-state index in [0.29, 0.717) is 45.7 Å². The van der Waals surface area contributed by atoms with Gasteiger partial charge >= 0.3 is 11.2 Å². The Morgan fingerprint density at radius 1 is 0.333 bits per heavy atom. The van der Waals surface area contributed by atoms with E-state index in [2.05, 4.69) is 0 Å². The average molecular weight is 465 g/mol. The third kappa shape index (κ3) is 5.86. The highest BCUT2D eigenvalue weighted by atomic mass is 32.3. The van der Waals surface area contributed by atoms with Crippen LogP contribution in [0.3, 0.4) is 0 Å². The monoisotopic (exact) mass is 464 g/mol. The third-order valence-corrected chi connectivity index (χ3v) is 5.90. The number of nitrogens with two attached hydrogens (primary N) is 4. The van der Waals surface area contributed by atoms with Crippen LogP contribution in [0.5, 0.6) is 23.0 Å². The molecule has 0 saturated heterocycles. The van der Waals surface area contributed by atoms with E-state index in [-0.39, 0.29) is 0 Å². The molecule has 8 nitrogen and oxygen atoms in total. The van der Waals surface area contributed by atoms with Crippen LogP contribution in [-0.2, 0) is 0 Å². The van der Waals surface area contributed by atoms with Gasteiger partial charge in [0.05, 0.1) is 0 Å². The van der Waals surface area contributed by atoms with Crippen molar-refractivity contribution in [3.63, 3.8) is 0 Å². The zero-order valence-corrected chi connectivity index (χ0v) is 18.4. The first kappa shape index (κ1) is 21.8. The Bertz CT molecular complexity index is 990. The maximum Gasteiger partial charge on any atom is 0.429 e. The maximum absolute atomic E-state index is 6.23. The highest BCUT2D eigenvalue weighted by Gasteiger charge is 2.37. The first-order valence-corrected chi connectivity index (χ1v) is 11.3. The van der Waals surface area contributed by atoms with Gasteiger partial charge in [-0.3, -0.25) is 0 Å². The normalized spacial score (nSPS) is 11.4. The van der Waals surface area contributed by atoms with Crippen LogP contribution in [0.1, 0.15) is 0 Å². The van der Waals surface area contributed by atoms with Gasteiger partial charge in [0.2, 0.25) is 0 Å². The van der Waals surface area contributed by atoms with Crippen LogP contribution in [0.4, 0.5) is 22.7 Å². The number of hydrogen-bond donors (Lipinski definition) is 4. The minimum atomic E-state index is -3.22. The zero-order valence-electron chi connectivity index (χ0n) is 17.6. The molecular formula is C24H24N4O4S.